The number of alkyl carbamates (subject to hydrolysis) is 1. The van der Waals surface area contributed by atoms with Crippen molar-refractivity contribution in [1.29, 1.82) is 0 Å². The highest BCUT2D eigenvalue weighted by molar-refractivity contribution is 5.79. The van der Waals surface area contributed by atoms with E-state index >= 15 is 0 Å². The number of amides is 2. The van der Waals surface area contributed by atoms with Crippen LogP contribution >= 0.6 is 0 Å². The van der Waals surface area contributed by atoms with Crippen molar-refractivity contribution in [3.05, 3.63) is 59.7 Å². The molecule has 1 aliphatic carbocycles. The number of ether oxygens (including phenoxy) is 1. The molecule has 182 valence electrons. The van der Waals surface area contributed by atoms with Gasteiger partial charge in [-0.2, -0.15) is 0 Å². The average Bonchev–Trinajstić information content (AvgIpc) is 3.10. The second-order valence-corrected chi connectivity index (χ2v) is 9.49. The molecule has 0 fully saturated rings. The van der Waals surface area contributed by atoms with Gasteiger partial charge in [0.2, 0.25) is 5.91 Å². The molecule has 7 nitrogen and oxygen atoms in total. The second kappa shape index (κ2) is 11.2. The number of benzene rings is 2. The molecule has 3 rings (SSSR count). The monoisotopic (exact) mass is 466 g/mol. The smallest absolute Gasteiger partial charge is 0.407 e. The van der Waals surface area contributed by atoms with Crippen LogP contribution in [-0.4, -0.2) is 41.3 Å². The quantitative estimate of drug-likeness (QED) is 0.439. The Bertz CT molecular complexity index is 988. The number of carbonyl (C=O) groups is 3. The number of hydrogen-bond donors (Lipinski definition) is 3. The van der Waals surface area contributed by atoms with Gasteiger partial charge in [-0.1, -0.05) is 61.9 Å². The van der Waals surface area contributed by atoms with Crippen molar-refractivity contribution in [2.24, 2.45) is 0 Å². The van der Waals surface area contributed by atoms with Crippen molar-refractivity contribution < 1.29 is 24.2 Å². The van der Waals surface area contributed by atoms with Gasteiger partial charge in [0.15, 0.2) is 0 Å². The molecule has 2 amide bonds. The lowest BCUT2D eigenvalue weighted by Crippen LogP contribution is -2.45. The zero-order valence-corrected chi connectivity index (χ0v) is 20.1. The third-order valence-electron chi connectivity index (χ3n) is 6.18. The van der Waals surface area contributed by atoms with Crippen molar-refractivity contribution in [1.82, 2.24) is 10.6 Å². The van der Waals surface area contributed by atoms with E-state index < -0.39 is 17.6 Å². The number of aliphatic carboxylic acids is 1. The van der Waals surface area contributed by atoms with Gasteiger partial charge < -0.3 is 20.5 Å². The Hall–Kier alpha value is -3.35. The highest BCUT2D eigenvalue weighted by atomic mass is 16.5. The van der Waals surface area contributed by atoms with Gasteiger partial charge in [-0.05, 0) is 48.9 Å². The summed E-state index contributed by atoms with van der Waals surface area (Å²) in [4.78, 5) is 35.9. The number of carboxylic acid groups (broad SMARTS) is 1. The minimum Gasteiger partial charge on any atom is -0.481 e. The second-order valence-electron chi connectivity index (χ2n) is 9.49. The van der Waals surface area contributed by atoms with Crippen molar-refractivity contribution in [3.8, 4) is 11.1 Å². The van der Waals surface area contributed by atoms with E-state index in [1.165, 1.54) is 11.1 Å². The van der Waals surface area contributed by atoms with E-state index in [9.17, 15) is 14.4 Å². The summed E-state index contributed by atoms with van der Waals surface area (Å²) in [7, 11) is 0. The normalized spacial score (nSPS) is 13.5. The zero-order valence-electron chi connectivity index (χ0n) is 20.1. The lowest BCUT2D eigenvalue weighted by Gasteiger charge is -2.26. The highest BCUT2D eigenvalue weighted by Gasteiger charge is 2.30. The van der Waals surface area contributed by atoms with Gasteiger partial charge >= 0.3 is 12.1 Å². The van der Waals surface area contributed by atoms with Crippen LogP contribution in [0.5, 0.6) is 0 Å². The molecule has 0 heterocycles. The van der Waals surface area contributed by atoms with E-state index in [-0.39, 0.29) is 37.3 Å². The van der Waals surface area contributed by atoms with Gasteiger partial charge in [0, 0.05) is 23.9 Å². The minimum atomic E-state index is -0.934. The van der Waals surface area contributed by atoms with Crippen LogP contribution in [0, 0.1) is 0 Å². The van der Waals surface area contributed by atoms with Crippen LogP contribution in [0.25, 0.3) is 11.1 Å². The molecule has 34 heavy (non-hydrogen) atoms. The van der Waals surface area contributed by atoms with E-state index in [1.807, 2.05) is 45.0 Å². The lowest BCUT2D eigenvalue weighted by atomic mass is 9.97. The summed E-state index contributed by atoms with van der Waals surface area (Å²) in [6.45, 7) is 5.84. The minimum absolute atomic E-state index is 0.0169. The van der Waals surface area contributed by atoms with E-state index in [0.717, 1.165) is 17.5 Å². The first kappa shape index (κ1) is 25.3. The average molecular weight is 467 g/mol. The fourth-order valence-corrected chi connectivity index (χ4v) is 4.48. The molecule has 0 radical (unpaired) electrons. The molecule has 1 aliphatic rings. The van der Waals surface area contributed by atoms with E-state index in [2.05, 4.69) is 34.9 Å². The summed E-state index contributed by atoms with van der Waals surface area (Å²) in [5, 5.41) is 14.7. The Morgan fingerprint density at radius 2 is 1.62 bits per heavy atom. The Kier molecular flexibility index (Phi) is 8.31. The Morgan fingerprint density at radius 3 is 2.18 bits per heavy atom. The standard InChI is InChI=1S/C27H34N2O5/c1-4-9-18(16-25(31)32)28-24(30)14-15-27(2,3)29-26(33)34-17-23-21-12-7-5-10-19(21)20-11-6-8-13-22(20)23/h5-8,10-13,18,23H,4,9,14-17H2,1-3H3,(H,28,30)(H,29,33)(H,31,32)/t18-/m1/s1. The lowest BCUT2D eigenvalue weighted by molar-refractivity contribution is -0.137. The molecule has 0 aromatic heterocycles. The van der Waals surface area contributed by atoms with Gasteiger partial charge in [0.05, 0.1) is 6.42 Å². The highest BCUT2D eigenvalue weighted by Crippen LogP contribution is 2.44. The maximum atomic E-state index is 12.6. The van der Waals surface area contributed by atoms with Gasteiger partial charge in [-0.15, -0.1) is 0 Å². The van der Waals surface area contributed by atoms with E-state index in [0.29, 0.717) is 12.8 Å². The third-order valence-corrected chi connectivity index (χ3v) is 6.18. The number of carbonyl (C=O) groups excluding carboxylic acids is 2. The van der Waals surface area contributed by atoms with Gasteiger partial charge in [-0.3, -0.25) is 9.59 Å². The van der Waals surface area contributed by atoms with Crippen LogP contribution in [0.1, 0.15) is 69.9 Å². The fourth-order valence-electron chi connectivity index (χ4n) is 4.48. The number of hydrogen-bond acceptors (Lipinski definition) is 4. The number of nitrogens with one attached hydrogen (secondary N) is 2. The molecule has 1 atom stereocenters. The molecular formula is C27H34N2O5. The number of fused-ring (bicyclic) bond motifs is 3. The molecule has 0 bridgehead atoms. The molecule has 0 aliphatic heterocycles. The molecule has 2 aromatic carbocycles. The maximum absolute atomic E-state index is 12.6. The molecule has 2 aromatic rings. The summed E-state index contributed by atoms with van der Waals surface area (Å²) in [5.41, 5.74) is 3.98. The van der Waals surface area contributed by atoms with Crippen LogP contribution in [0.2, 0.25) is 0 Å². The van der Waals surface area contributed by atoms with Crippen molar-refractivity contribution >= 4 is 18.0 Å². The van der Waals surface area contributed by atoms with Crippen LogP contribution in [-0.2, 0) is 14.3 Å². The van der Waals surface area contributed by atoms with Gasteiger partial charge in [-0.25, -0.2) is 4.79 Å². The third kappa shape index (κ3) is 6.59. The van der Waals surface area contributed by atoms with E-state index in [1.54, 1.807) is 0 Å². The number of carboxylic acids is 1. The predicted octanol–water partition coefficient (Wildman–Crippen LogP) is 4.84. The Balaban J connectivity index is 1.51. The first-order valence-electron chi connectivity index (χ1n) is 11.8. The fraction of sp³-hybridized carbons (Fsp3) is 0.444. The van der Waals surface area contributed by atoms with Crippen LogP contribution < -0.4 is 10.6 Å². The molecule has 7 heteroatoms. The summed E-state index contributed by atoms with van der Waals surface area (Å²) in [5.74, 6) is -1.17. The predicted molar refractivity (Wildman–Crippen MR) is 131 cm³/mol. The first-order valence-corrected chi connectivity index (χ1v) is 11.8. The zero-order chi connectivity index (χ0) is 24.7. The first-order chi connectivity index (χ1) is 16.2. The van der Waals surface area contributed by atoms with Gasteiger partial charge in [0.25, 0.3) is 0 Å². The molecule has 0 spiro atoms. The Morgan fingerprint density at radius 1 is 1.03 bits per heavy atom. The molecular weight excluding hydrogens is 432 g/mol. The summed E-state index contributed by atoms with van der Waals surface area (Å²) < 4.78 is 5.61. The van der Waals surface area contributed by atoms with Crippen LogP contribution in [0.3, 0.4) is 0 Å². The molecule has 0 saturated carbocycles. The SMILES string of the molecule is CCC[C@H](CC(=O)O)NC(=O)CCC(C)(C)NC(=O)OCC1c2ccccc2-c2ccccc21. The summed E-state index contributed by atoms with van der Waals surface area (Å²) >= 11 is 0. The maximum Gasteiger partial charge on any atom is 0.407 e. The van der Waals surface area contributed by atoms with Crippen LogP contribution in [0.15, 0.2) is 48.5 Å². The topological polar surface area (TPSA) is 105 Å². The van der Waals surface area contributed by atoms with Crippen molar-refractivity contribution in [3.63, 3.8) is 0 Å². The number of rotatable bonds is 11. The molecule has 3 N–H and O–H groups in total. The summed E-state index contributed by atoms with van der Waals surface area (Å²) in [6, 6.07) is 15.9. The largest absolute Gasteiger partial charge is 0.481 e. The Labute approximate surface area is 200 Å². The molecule has 0 unspecified atom stereocenters. The van der Waals surface area contributed by atoms with E-state index in [4.69, 9.17) is 9.84 Å². The van der Waals surface area contributed by atoms with Crippen molar-refractivity contribution in [2.45, 2.75) is 70.4 Å². The molecule has 0 saturated heterocycles. The summed E-state index contributed by atoms with van der Waals surface area (Å²) in [6.07, 6.45) is 1.35. The van der Waals surface area contributed by atoms with Crippen molar-refractivity contribution in [2.75, 3.05) is 6.61 Å². The van der Waals surface area contributed by atoms with Crippen LogP contribution in [0.4, 0.5) is 4.79 Å². The van der Waals surface area contributed by atoms with Gasteiger partial charge in [0.1, 0.15) is 6.61 Å².